The van der Waals surface area contributed by atoms with Crippen molar-refractivity contribution in [2.24, 2.45) is 10.9 Å². The van der Waals surface area contributed by atoms with E-state index in [1.165, 1.54) is 12.1 Å². The molecular formula is C17H28F2IN3O. The van der Waals surface area contributed by atoms with Crippen LogP contribution in [0.25, 0.3) is 0 Å². The average Bonchev–Trinajstić information content (AvgIpc) is 2.47. The second-order valence-corrected chi connectivity index (χ2v) is 5.78. The minimum absolute atomic E-state index is 0. The van der Waals surface area contributed by atoms with Crippen LogP contribution in [0.2, 0.25) is 0 Å². The smallest absolute Gasteiger partial charge is 0.190 e. The van der Waals surface area contributed by atoms with Gasteiger partial charge in [-0.1, -0.05) is 13.8 Å². The molecule has 0 radical (unpaired) electrons. The fraction of sp³-hybridized carbons (Fsp3) is 0.588. The van der Waals surface area contributed by atoms with Crippen LogP contribution in [0.3, 0.4) is 0 Å². The lowest BCUT2D eigenvalue weighted by atomic mass is 10.1. The summed E-state index contributed by atoms with van der Waals surface area (Å²) in [6.45, 7) is 7.03. The highest BCUT2D eigenvalue weighted by atomic mass is 127. The van der Waals surface area contributed by atoms with Crippen LogP contribution in [0.15, 0.2) is 23.2 Å². The molecule has 0 aliphatic rings. The summed E-state index contributed by atoms with van der Waals surface area (Å²) in [5.41, 5.74) is 0.618. The molecule has 1 aromatic carbocycles. The molecule has 0 aliphatic carbocycles. The molecule has 24 heavy (non-hydrogen) atoms. The molecule has 0 atom stereocenters. The van der Waals surface area contributed by atoms with Crippen LogP contribution in [0, 0.1) is 17.6 Å². The normalized spacial score (nSPS) is 11.3. The van der Waals surface area contributed by atoms with Crippen molar-refractivity contribution in [1.29, 1.82) is 0 Å². The molecule has 0 bridgehead atoms. The lowest BCUT2D eigenvalue weighted by Crippen LogP contribution is -2.39. The van der Waals surface area contributed by atoms with Crippen molar-refractivity contribution in [2.45, 2.75) is 26.7 Å². The largest absolute Gasteiger partial charge is 0.381 e. The molecule has 0 fully saturated rings. The zero-order chi connectivity index (χ0) is 17.1. The Kier molecular flexibility index (Phi) is 12.8. The molecule has 0 spiro atoms. The molecule has 1 rings (SSSR count). The van der Waals surface area contributed by atoms with E-state index in [2.05, 4.69) is 29.5 Å². The Morgan fingerprint density at radius 3 is 2.33 bits per heavy atom. The van der Waals surface area contributed by atoms with Gasteiger partial charge in [-0.25, -0.2) is 8.78 Å². The number of nitrogens with zero attached hydrogens (tertiary/aromatic N) is 1. The molecule has 0 saturated carbocycles. The molecule has 0 amide bonds. The maximum Gasteiger partial charge on any atom is 0.190 e. The molecule has 0 aromatic heterocycles. The third kappa shape index (κ3) is 10.7. The van der Waals surface area contributed by atoms with E-state index in [-0.39, 0.29) is 24.0 Å². The zero-order valence-corrected chi connectivity index (χ0v) is 16.9. The molecule has 0 saturated heterocycles. The first-order valence-corrected chi connectivity index (χ1v) is 7.98. The van der Waals surface area contributed by atoms with E-state index in [1.54, 1.807) is 7.05 Å². The van der Waals surface area contributed by atoms with Crippen LogP contribution >= 0.6 is 24.0 Å². The van der Waals surface area contributed by atoms with Crippen molar-refractivity contribution in [3.05, 3.63) is 35.4 Å². The van der Waals surface area contributed by atoms with Gasteiger partial charge >= 0.3 is 0 Å². The number of nitrogens with one attached hydrogen (secondary N) is 2. The monoisotopic (exact) mass is 455 g/mol. The molecule has 2 N–H and O–H groups in total. The van der Waals surface area contributed by atoms with Crippen molar-refractivity contribution in [3.63, 3.8) is 0 Å². The van der Waals surface area contributed by atoms with Crippen molar-refractivity contribution >= 4 is 29.9 Å². The van der Waals surface area contributed by atoms with Gasteiger partial charge < -0.3 is 15.4 Å². The Labute approximate surface area is 160 Å². The van der Waals surface area contributed by atoms with E-state index < -0.39 is 11.6 Å². The van der Waals surface area contributed by atoms with Gasteiger partial charge in [0, 0.05) is 39.4 Å². The van der Waals surface area contributed by atoms with Crippen molar-refractivity contribution in [1.82, 2.24) is 10.6 Å². The number of ether oxygens (including phenoxy) is 1. The predicted molar refractivity (Wildman–Crippen MR) is 105 cm³/mol. The number of benzene rings is 1. The summed E-state index contributed by atoms with van der Waals surface area (Å²) in [7, 11) is 1.69. The summed E-state index contributed by atoms with van der Waals surface area (Å²) in [6.07, 6.45) is 1.41. The second-order valence-electron chi connectivity index (χ2n) is 5.78. The van der Waals surface area contributed by atoms with E-state index in [1.807, 2.05) is 0 Å². The summed E-state index contributed by atoms with van der Waals surface area (Å²) in [5, 5.41) is 6.30. The number of guanidine groups is 1. The lowest BCUT2D eigenvalue weighted by molar-refractivity contribution is 0.108. The summed E-state index contributed by atoms with van der Waals surface area (Å²) >= 11 is 0. The van der Waals surface area contributed by atoms with E-state index >= 15 is 0 Å². The third-order valence-corrected chi connectivity index (χ3v) is 3.06. The van der Waals surface area contributed by atoms with E-state index in [4.69, 9.17) is 4.74 Å². The minimum Gasteiger partial charge on any atom is -0.381 e. The van der Waals surface area contributed by atoms with Gasteiger partial charge in [0.15, 0.2) is 5.96 Å². The van der Waals surface area contributed by atoms with Crippen LogP contribution < -0.4 is 10.6 Å². The Bertz CT molecular complexity index is 478. The van der Waals surface area contributed by atoms with Crippen molar-refractivity contribution < 1.29 is 13.5 Å². The van der Waals surface area contributed by atoms with Gasteiger partial charge in [0.05, 0.1) is 0 Å². The summed E-state index contributed by atoms with van der Waals surface area (Å²) < 4.78 is 31.7. The average molecular weight is 455 g/mol. The Balaban J connectivity index is 0.00000529. The molecule has 0 aliphatic heterocycles. The fourth-order valence-electron chi connectivity index (χ4n) is 2.00. The van der Waals surface area contributed by atoms with Gasteiger partial charge in [0.1, 0.15) is 11.6 Å². The highest BCUT2D eigenvalue weighted by Gasteiger charge is 2.02. The summed E-state index contributed by atoms with van der Waals surface area (Å²) in [4.78, 5) is 4.11. The molecule has 0 unspecified atom stereocenters. The Hall–Kier alpha value is -0.960. The maximum atomic E-state index is 13.1. The van der Waals surface area contributed by atoms with Gasteiger partial charge in [-0.05, 0) is 36.5 Å². The maximum absolute atomic E-state index is 13.1. The van der Waals surface area contributed by atoms with Gasteiger partial charge in [-0.2, -0.15) is 0 Å². The highest BCUT2D eigenvalue weighted by Crippen LogP contribution is 2.08. The number of halogens is 3. The van der Waals surface area contributed by atoms with E-state index in [0.29, 0.717) is 37.0 Å². The topological polar surface area (TPSA) is 45.7 Å². The van der Waals surface area contributed by atoms with Crippen molar-refractivity contribution in [2.75, 3.05) is 33.4 Å². The van der Waals surface area contributed by atoms with Gasteiger partial charge in [0.25, 0.3) is 0 Å². The SMILES string of the molecule is CN=C(NCCCOCC(C)C)NCCc1cc(F)cc(F)c1.I. The van der Waals surface area contributed by atoms with Crippen LogP contribution in [0.5, 0.6) is 0 Å². The van der Waals surface area contributed by atoms with Crippen molar-refractivity contribution in [3.8, 4) is 0 Å². The minimum atomic E-state index is -0.552. The van der Waals surface area contributed by atoms with Crippen LogP contribution in [-0.4, -0.2) is 39.3 Å². The van der Waals surface area contributed by atoms with E-state index in [9.17, 15) is 8.78 Å². The number of aliphatic imine (C=N–C) groups is 1. The van der Waals surface area contributed by atoms with Gasteiger partial charge in [0.2, 0.25) is 0 Å². The molecule has 138 valence electrons. The highest BCUT2D eigenvalue weighted by molar-refractivity contribution is 14.0. The van der Waals surface area contributed by atoms with Crippen LogP contribution in [-0.2, 0) is 11.2 Å². The molecular weight excluding hydrogens is 427 g/mol. The first kappa shape index (κ1) is 23.0. The van der Waals surface area contributed by atoms with E-state index in [0.717, 1.165) is 25.6 Å². The lowest BCUT2D eigenvalue weighted by Gasteiger charge is -2.12. The summed E-state index contributed by atoms with van der Waals surface area (Å²) in [6, 6.07) is 3.55. The number of hydrogen-bond donors (Lipinski definition) is 2. The predicted octanol–water partition coefficient (Wildman–Crippen LogP) is 3.35. The first-order valence-electron chi connectivity index (χ1n) is 7.98. The molecule has 1 aromatic rings. The number of hydrogen-bond acceptors (Lipinski definition) is 2. The van der Waals surface area contributed by atoms with Crippen LogP contribution in [0.4, 0.5) is 8.78 Å². The van der Waals surface area contributed by atoms with Gasteiger partial charge in [-0.3, -0.25) is 4.99 Å². The Morgan fingerprint density at radius 2 is 1.75 bits per heavy atom. The number of rotatable bonds is 9. The zero-order valence-electron chi connectivity index (χ0n) is 14.6. The Morgan fingerprint density at radius 1 is 1.12 bits per heavy atom. The molecule has 4 nitrogen and oxygen atoms in total. The standard InChI is InChI=1S/C17H27F2N3O.HI/c1-13(2)12-23-8-4-6-21-17(20-3)22-7-5-14-9-15(18)11-16(19)10-14;/h9-11,13H,4-8,12H2,1-3H3,(H2,20,21,22);1H. The second kappa shape index (κ2) is 13.3. The summed E-state index contributed by atoms with van der Waals surface area (Å²) in [5.74, 6) is 0.114. The van der Waals surface area contributed by atoms with Gasteiger partial charge in [-0.15, -0.1) is 24.0 Å². The molecule has 7 heteroatoms. The van der Waals surface area contributed by atoms with Crippen LogP contribution in [0.1, 0.15) is 25.8 Å². The quantitative estimate of drug-likeness (QED) is 0.260. The molecule has 0 heterocycles. The third-order valence-electron chi connectivity index (χ3n) is 3.06. The fourth-order valence-corrected chi connectivity index (χ4v) is 2.00. The first-order chi connectivity index (χ1) is 11.0.